The smallest absolute Gasteiger partial charge is 0.387 e. The van der Waals surface area contributed by atoms with Crippen LogP contribution in [-0.2, 0) is 14.3 Å². The summed E-state index contributed by atoms with van der Waals surface area (Å²) in [6, 6.07) is 9.77. The Morgan fingerprint density at radius 3 is 2.67 bits per heavy atom. The molecule has 0 atom stereocenters. The summed E-state index contributed by atoms with van der Waals surface area (Å²) in [7, 11) is 0. The van der Waals surface area contributed by atoms with E-state index in [1.807, 2.05) is 0 Å². The minimum atomic E-state index is -3.05. The average Bonchev–Trinajstić information content (AvgIpc) is 2.62. The maximum Gasteiger partial charge on any atom is 0.387 e. The van der Waals surface area contributed by atoms with Crippen LogP contribution in [0.4, 0.5) is 18.9 Å². The van der Waals surface area contributed by atoms with Gasteiger partial charge in [-0.2, -0.15) is 8.78 Å². The molecule has 1 N–H and O–H groups in total. The molecule has 1 amide bonds. The molecule has 2 rings (SSSR count). The normalized spacial score (nSPS) is 10.9. The summed E-state index contributed by atoms with van der Waals surface area (Å²) in [5, 5.41) is 2.30. The number of hydrogen-bond donors (Lipinski definition) is 1. The second-order valence-corrected chi connectivity index (χ2v) is 5.95. The molecule has 0 aliphatic heterocycles. The number of halogens is 4. The third-order valence-corrected chi connectivity index (χ3v) is 3.57. The Morgan fingerprint density at radius 1 is 1.19 bits per heavy atom. The zero-order chi connectivity index (χ0) is 19.8. The summed E-state index contributed by atoms with van der Waals surface area (Å²) < 4.78 is 47.8. The Kier molecular flexibility index (Phi) is 7.42. The van der Waals surface area contributed by atoms with E-state index in [-0.39, 0.29) is 17.0 Å². The number of benzene rings is 2. The van der Waals surface area contributed by atoms with Crippen LogP contribution in [0, 0.1) is 5.82 Å². The van der Waals surface area contributed by atoms with Crippen LogP contribution in [0.5, 0.6) is 5.75 Å². The van der Waals surface area contributed by atoms with Gasteiger partial charge in [0.2, 0.25) is 0 Å². The fourth-order valence-electron chi connectivity index (χ4n) is 1.94. The van der Waals surface area contributed by atoms with Gasteiger partial charge in [-0.15, -0.1) is 0 Å². The molecule has 0 heterocycles. The zero-order valence-electron chi connectivity index (χ0n) is 13.6. The summed E-state index contributed by atoms with van der Waals surface area (Å²) in [5.41, 5.74) is 0.162. The first-order chi connectivity index (χ1) is 12.8. The van der Waals surface area contributed by atoms with E-state index in [0.29, 0.717) is 4.47 Å². The van der Waals surface area contributed by atoms with Crippen molar-refractivity contribution in [2.24, 2.45) is 0 Å². The van der Waals surface area contributed by atoms with Crippen LogP contribution in [0.3, 0.4) is 0 Å². The van der Waals surface area contributed by atoms with Crippen LogP contribution < -0.4 is 10.1 Å². The second kappa shape index (κ2) is 9.77. The number of rotatable bonds is 7. The van der Waals surface area contributed by atoms with Gasteiger partial charge in [0.05, 0.1) is 5.69 Å². The SMILES string of the molecule is O=C(COC(=O)/C=C/c1cc(Br)ccc1F)Nc1ccccc1OC(F)F. The van der Waals surface area contributed by atoms with Crippen LogP contribution in [0.25, 0.3) is 6.08 Å². The molecule has 0 fully saturated rings. The van der Waals surface area contributed by atoms with Crippen molar-refractivity contribution in [2.45, 2.75) is 6.61 Å². The first-order valence-corrected chi connectivity index (χ1v) is 8.28. The van der Waals surface area contributed by atoms with Crippen molar-refractivity contribution in [3.8, 4) is 5.75 Å². The van der Waals surface area contributed by atoms with Crippen molar-refractivity contribution >= 4 is 39.6 Å². The lowest BCUT2D eigenvalue weighted by atomic mass is 10.2. The Labute approximate surface area is 160 Å². The number of para-hydroxylation sites is 2. The van der Waals surface area contributed by atoms with Gasteiger partial charge in [0.25, 0.3) is 5.91 Å². The number of anilines is 1. The minimum Gasteiger partial charge on any atom is -0.452 e. The van der Waals surface area contributed by atoms with E-state index >= 15 is 0 Å². The van der Waals surface area contributed by atoms with Crippen LogP contribution in [-0.4, -0.2) is 25.1 Å². The molecule has 2 aromatic rings. The first-order valence-electron chi connectivity index (χ1n) is 7.48. The average molecular weight is 444 g/mol. The van der Waals surface area contributed by atoms with Gasteiger partial charge >= 0.3 is 12.6 Å². The zero-order valence-corrected chi connectivity index (χ0v) is 15.2. The molecular formula is C18H13BrF3NO4. The van der Waals surface area contributed by atoms with Crippen molar-refractivity contribution in [3.63, 3.8) is 0 Å². The second-order valence-electron chi connectivity index (χ2n) is 5.03. The van der Waals surface area contributed by atoms with E-state index in [1.54, 1.807) is 0 Å². The fraction of sp³-hybridized carbons (Fsp3) is 0.111. The van der Waals surface area contributed by atoms with Crippen molar-refractivity contribution in [2.75, 3.05) is 11.9 Å². The number of ether oxygens (including phenoxy) is 2. The molecule has 0 radical (unpaired) electrons. The molecule has 9 heteroatoms. The number of esters is 1. The molecular weight excluding hydrogens is 431 g/mol. The number of amides is 1. The highest BCUT2D eigenvalue weighted by molar-refractivity contribution is 9.10. The van der Waals surface area contributed by atoms with Gasteiger partial charge in [-0.1, -0.05) is 28.1 Å². The number of carbonyl (C=O) groups excluding carboxylic acids is 2. The molecule has 0 saturated heterocycles. The Hall–Kier alpha value is -2.81. The van der Waals surface area contributed by atoms with E-state index in [9.17, 15) is 22.8 Å². The molecule has 0 saturated carbocycles. The van der Waals surface area contributed by atoms with E-state index in [0.717, 1.165) is 6.08 Å². The van der Waals surface area contributed by atoms with Crippen LogP contribution in [0.2, 0.25) is 0 Å². The standard InChI is InChI=1S/C18H13BrF3NO4/c19-12-6-7-13(20)11(9-12)5-8-17(25)26-10-16(24)23-14-3-1-2-4-15(14)27-18(21)22/h1-9,18H,10H2,(H,23,24)/b8-5+. The lowest BCUT2D eigenvalue weighted by Gasteiger charge is -2.11. The number of alkyl halides is 2. The third-order valence-electron chi connectivity index (χ3n) is 3.08. The summed E-state index contributed by atoms with van der Waals surface area (Å²) >= 11 is 3.18. The van der Waals surface area contributed by atoms with Gasteiger partial charge in [-0.25, -0.2) is 9.18 Å². The molecule has 0 aromatic heterocycles. The lowest BCUT2D eigenvalue weighted by Crippen LogP contribution is -2.20. The quantitative estimate of drug-likeness (QED) is 0.509. The highest BCUT2D eigenvalue weighted by atomic mass is 79.9. The van der Waals surface area contributed by atoms with Gasteiger partial charge in [-0.05, 0) is 36.4 Å². The molecule has 5 nitrogen and oxygen atoms in total. The number of carbonyl (C=O) groups is 2. The minimum absolute atomic E-state index is 0.00518. The maximum absolute atomic E-state index is 13.6. The molecule has 0 spiro atoms. The summed E-state index contributed by atoms with van der Waals surface area (Å²) in [5.74, 6) is -2.38. The Balaban J connectivity index is 1.89. The van der Waals surface area contributed by atoms with Crippen molar-refractivity contribution in [1.29, 1.82) is 0 Å². The molecule has 142 valence electrons. The lowest BCUT2D eigenvalue weighted by molar-refractivity contribution is -0.142. The molecule has 27 heavy (non-hydrogen) atoms. The van der Waals surface area contributed by atoms with E-state index in [2.05, 4.69) is 26.0 Å². The van der Waals surface area contributed by atoms with Crippen molar-refractivity contribution in [3.05, 3.63) is 64.4 Å². The largest absolute Gasteiger partial charge is 0.452 e. The number of hydrogen-bond acceptors (Lipinski definition) is 4. The van der Waals surface area contributed by atoms with E-state index in [1.165, 1.54) is 48.5 Å². The fourth-order valence-corrected chi connectivity index (χ4v) is 2.32. The Morgan fingerprint density at radius 2 is 1.93 bits per heavy atom. The van der Waals surface area contributed by atoms with Crippen LogP contribution in [0.1, 0.15) is 5.56 Å². The van der Waals surface area contributed by atoms with E-state index < -0.39 is 30.9 Å². The summed E-state index contributed by atoms with van der Waals surface area (Å²) in [6.45, 7) is -3.71. The van der Waals surface area contributed by atoms with Gasteiger partial charge < -0.3 is 14.8 Å². The van der Waals surface area contributed by atoms with E-state index in [4.69, 9.17) is 4.74 Å². The third kappa shape index (κ3) is 6.78. The Bertz CT molecular complexity index is 858. The van der Waals surface area contributed by atoms with Gasteiger partial charge in [-0.3, -0.25) is 4.79 Å². The topological polar surface area (TPSA) is 64.6 Å². The van der Waals surface area contributed by atoms with Crippen molar-refractivity contribution in [1.82, 2.24) is 0 Å². The molecule has 0 aliphatic rings. The highest BCUT2D eigenvalue weighted by Gasteiger charge is 2.12. The molecule has 0 aliphatic carbocycles. The maximum atomic E-state index is 13.6. The molecule has 2 aromatic carbocycles. The first kappa shape index (κ1) is 20.5. The predicted molar refractivity (Wildman–Crippen MR) is 95.8 cm³/mol. The monoisotopic (exact) mass is 443 g/mol. The van der Waals surface area contributed by atoms with Gasteiger partial charge in [0, 0.05) is 16.1 Å². The predicted octanol–water partition coefficient (Wildman–Crippen LogP) is 4.38. The molecule has 0 bridgehead atoms. The van der Waals surface area contributed by atoms with Crippen molar-refractivity contribution < 1.29 is 32.2 Å². The number of nitrogens with one attached hydrogen (secondary N) is 1. The van der Waals surface area contributed by atoms with Crippen LogP contribution in [0.15, 0.2) is 53.0 Å². The van der Waals surface area contributed by atoms with Crippen LogP contribution >= 0.6 is 15.9 Å². The molecule has 0 unspecified atom stereocenters. The summed E-state index contributed by atoms with van der Waals surface area (Å²) in [4.78, 5) is 23.4. The highest BCUT2D eigenvalue weighted by Crippen LogP contribution is 2.25. The van der Waals surface area contributed by atoms with Gasteiger partial charge in [0.1, 0.15) is 11.6 Å². The summed E-state index contributed by atoms with van der Waals surface area (Å²) in [6.07, 6.45) is 2.16. The van der Waals surface area contributed by atoms with Gasteiger partial charge in [0.15, 0.2) is 6.61 Å².